The molecule has 5 nitrogen and oxygen atoms in total. The van der Waals surface area contributed by atoms with E-state index in [-0.39, 0.29) is 5.69 Å². The van der Waals surface area contributed by atoms with Gasteiger partial charge in [-0.25, -0.2) is 9.48 Å². The molecule has 1 aromatic carbocycles. The average molecular weight is 265 g/mol. The van der Waals surface area contributed by atoms with Crippen LogP contribution in [-0.2, 0) is 0 Å². The number of carboxylic acids is 1. The monoisotopic (exact) mass is 265 g/mol. The molecule has 0 radical (unpaired) electrons. The zero-order valence-electron chi connectivity index (χ0n) is 10.5. The van der Waals surface area contributed by atoms with Crippen LogP contribution in [-0.4, -0.2) is 25.8 Å². The quantitative estimate of drug-likeness (QED) is 0.790. The normalized spacial score (nSPS) is 10.4. The summed E-state index contributed by atoms with van der Waals surface area (Å²) in [5.74, 6) is -1.02. The summed E-state index contributed by atoms with van der Waals surface area (Å²) in [6.07, 6.45) is 4.81. The van der Waals surface area contributed by atoms with Crippen molar-refractivity contribution in [2.45, 2.75) is 0 Å². The Labute approximate surface area is 115 Å². The Kier molecular flexibility index (Phi) is 3.01. The molecule has 0 amide bonds. The Morgan fingerprint density at radius 3 is 2.40 bits per heavy atom. The van der Waals surface area contributed by atoms with Gasteiger partial charge in [-0.2, -0.15) is 5.10 Å². The van der Waals surface area contributed by atoms with Crippen molar-refractivity contribution >= 4 is 5.97 Å². The topological polar surface area (TPSA) is 68.0 Å². The molecule has 2 heterocycles. The van der Waals surface area contributed by atoms with Gasteiger partial charge in [0.05, 0.1) is 11.9 Å². The molecule has 1 N–H and O–H groups in total. The van der Waals surface area contributed by atoms with E-state index in [1.54, 1.807) is 30.7 Å². The molecule has 0 aliphatic heterocycles. The van der Waals surface area contributed by atoms with Crippen LogP contribution in [0, 0.1) is 0 Å². The van der Waals surface area contributed by atoms with Gasteiger partial charge < -0.3 is 5.11 Å². The fourth-order valence-corrected chi connectivity index (χ4v) is 2.06. The van der Waals surface area contributed by atoms with Gasteiger partial charge in [-0.05, 0) is 29.8 Å². The predicted octanol–water partition coefficient (Wildman–Crippen LogP) is 2.63. The molecule has 0 atom stereocenters. The molecule has 0 aliphatic rings. The van der Waals surface area contributed by atoms with Crippen LogP contribution in [0.1, 0.15) is 10.5 Å². The van der Waals surface area contributed by atoms with Crippen molar-refractivity contribution < 1.29 is 9.90 Å². The SMILES string of the molecule is O=C(O)c1c(-c2ccncc2)cnn1-c1ccccc1. The number of hydrogen-bond acceptors (Lipinski definition) is 3. The van der Waals surface area contributed by atoms with Gasteiger partial charge in [0, 0.05) is 18.0 Å². The third-order valence-corrected chi connectivity index (χ3v) is 2.96. The minimum absolute atomic E-state index is 0.141. The van der Waals surface area contributed by atoms with E-state index < -0.39 is 5.97 Å². The Balaban J connectivity index is 2.20. The highest BCUT2D eigenvalue weighted by molar-refractivity contribution is 5.94. The van der Waals surface area contributed by atoms with E-state index in [9.17, 15) is 9.90 Å². The molecular weight excluding hydrogens is 254 g/mol. The molecule has 3 aromatic rings. The molecule has 5 heteroatoms. The van der Waals surface area contributed by atoms with Crippen LogP contribution in [0.3, 0.4) is 0 Å². The number of carbonyl (C=O) groups is 1. The number of rotatable bonds is 3. The van der Waals surface area contributed by atoms with Crippen LogP contribution in [0.2, 0.25) is 0 Å². The van der Waals surface area contributed by atoms with Crippen LogP contribution >= 0.6 is 0 Å². The standard InChI is InChI=1S/C15H11N3O2/c19-15(20)14-13(11-6-8-16-9-7-11)10-17-18(14)12-4-2-1-3-5-12/h1-10H,(H,19,20). The lowest BCUT2D eigenvalue weighted by molar-refractivity contribution is 0.0688. The van der Waals surface area contributed by atoms with Crippen LogP contribution in [0.4, 0.5) is 0 Å². The molecule has 0 spiro atoms. The first-order chi connectivity index (χ1) is 9.77. The van der Waals surface area contributed by atoms with Crippen LogP contribution in [0.15, 0.2) is 61.1 Å². The smallest absolute Gasteiger partial charge is 0.355 e. The third-order valence-electron chi connectivity index (χ3n) is 2.96. The molecule has 0 saturated heterocycles. The van der Waals surface area contributed by atoms with Gasteiger partial charge >= 0.3 is 5.97 Å². The zero-order chi connectivity index (χ0) is 13.9. The Morgan fingerprint density at radius 2 is 1.75 bits per heavy atom. The van der Waals surface area contributed by atoms with Crippen molar-refractivity contribution in [3.63, 3.8) is 0 Å². The fraction of sp³-hybridized carbons (Fsp3) is 0. The molecule has 0 aliphatic carbocycles. The number of carboxylic acid groups (broad SMARTS) is 1. The molecule has 0 unspecified atom stereocenters. The number of hydrogen-bond donors (Lipinski definition) is 1. The van der Waals surface area contributed by atoms with Crippen LogP contribution in [0.5, 0.6) is 0 Å². The summed E-state index contributed by atoms with van der Waals surface area (Å²) >= 11 is 0. The van der Waals surface area contributed by atoms with Gasteiger partial charge in [-0.15, -0.1) is 0 Å². The maximum Gasteiger partial charge on any atom is 0.355 e. The highest BCUT2D eigenvalue weighted by Crippen LogP contribution is 2.25. The Hall–Kier alpha value is -2.95. The van der Waals surface area contributed by atoms with Crippen LogP contribution in [0.25, 0.3) is 16.8 Å². The lowest BCUT2D eigenvalue weighted by atomic mass is 10.1. The summed E-state index contributed by atoms with van der Waals surface area (Å²) in [7, 11) is 0. The van der Waals surface area contributed by atoms with E-state index in [1.807, 2.05) is 30.3 Å². The molecule has 0 bridgehead atoms. The second kappa shape index (κ2) is 4.97. The third kappa shape index (κ3) is 2.05. The first kappa shape index (κ1) is 12.1. The maximum atomic E-state index is 11.6. The summed E-state index contributed by atoms with van der Waals surface area (Å²) in [5.41, 5.74) is 2.20. The van der Waals surface area contributed by atoms with Crippen molar-refractivity contribution in [3.8, 4) is 16.8 Å². The Morgan fingerprint density at radius 1 is 1.05 bits per heavy atom. The van der Waals surface area contributed by atoms with E-state index in [2.05, 4.69) is 10.1 Å². The van der Waals surface area contributed by atoms with Crippen LogP contribution < -0.4 is 0 Å². The van der Waals surface area contributed by atoms with E-state index in [0.29, 0.717) is 11.3 Å². The molecule has 2 aromatic heterocycles. The second-order valence-corrected chi connectivity index (χ2v) is 4.20. The zero-order valence-corrected chi connectivity index (χ0v) is 10.5. The highest BCUT2D eigenvalue weighted by atomic mass is 16.4. The summed E-state index contributed by atoms with van der Waals surface area (Å²) in [4.78, 5) is 15.5. The lowest BCUT2D eigenvalue weighted by Gasteiger charge is -2.05. The van der Waals surface area contributed by atoms with Crippen molar-refractivity contribution in [2.75, 3.05) is 0 Å². The van der Waals surface area contributed by atoms with Gasteiger partial charge in [0.25, 0.3) is 0 Å². The first-order valence-electron chi connectivity index (χ1n) is 6.04. The van der Waals surface area contributed by atoms with Gasteiger partial charge in [0.2, 0.25) is 0 Å². The summed E-state index contributed by atoms with van der Waals surface area (Å²) in [5, 5.41) is 13.7. The molecular formula is C15H11N3O2. The summed E-state index contributed by atoms with van der Waals surface area (Å²) in [6.45, 7) is 0. The number of para-hydroxylation sites is 1. The number of aromatic carboxylic acids is 1. The highest BCUT2D eigenvalue weighted by Gasteiger charge is 2.19. The molecule has 3 rings (SSSR count). The van der Waals surface area contributed by atoms with Gasteiger partial charge in [-0.1, -0.05) is 18.2 Å². The summed E-state index contributed by atoms with van der Waals surface area (Å²) in [6, 6.07) is 12.7. The van der Waals surface area contributed by atoms with Gasteiger partial charge in [0.1, 0.15) is 0 Å². The minimum atomic E-state index is -1.02. The van der Waals surface area contributed by atoms with E-state index in [4.69, 9.17) is 0 Å². The molecule has 98 valence electrons. The maximum absolute atomic E-state index is 11.6. The van der Waals surface area contributed by atoms with Gasteiger partial charge in [-0.3, -0.25) is 4.98 Å². The van der Waals surface area contributed by atoms with Crippen molar-refractivity contribution in [1.29, 1.82) is 0 Å². The van der Waals surface area contributed by atoms with Crippen molar-refractivity contribution in [2.24, 2.45) is 0 Å². The molecule has 20 heavy (non-hydrogen) atoms. The summed E-state index contributed by atoms with van der Waals surface area (Å²) < 4.78 is 1.43. The average Bonchev–Trinajstić information content (AvgIpc) is 2.94. The van der Waals surface area contributed by atoms with E-state index in [0.717, 1.165) is 5.56 Å². The van der Waals surface area contributed by atoms with Crippen molar-refractivity contribution in [1.82, 2.24) is 14.8 Å². The molecule has 0 saturated carbocycles. The number of nitrogens with zero attached hydrogens (tertiary/aromatic N) is 3. The predicted molar refractivity (Wildman–Crippen MR) is 73.8 cm³/mol. The number of pyridine rings is 1. The number of benzene rings is 1. The fourth-order valence-electron chi connectivity index (χ4n) is 2.06. The molecule has 0 fully saturated rings. The lowest BCUT2D eigenvalue weighted by Crippen LogP contribution is -2.09. The largest absolute Gasteiger partial charge is 0.476 e. The van der Waals surface area contributed by atoms with Crippen molar-refractivity contribution in [3.05, 3.63) is 66.7 Å². The van der Waals surface area contributed by atoms with E-state index in [1.165, 1.54) is 4.68 Å². The second-order valence-electron chi connectivity index (χ2n) is 4.20. The minimum Gasteiger partial charge on any atom is -0.476 e. The number of aromatic nitrogens is 3. The first-order valence-corrected chi connectivity index (χ1v) is 6.04. The van der Waals surface area contributed by atoms with Gasteiger partial charge in [0.15, 0.2) is 5.69 Å². The Bertz CT molecular complexity index is 679. The van der Waals surface area contributed by atoms with E-state index >= 15 is 0 Å².